The number of halogens is 2. The van der Waals surface area contributed by atoms with E-state index in [1.165, 1.54) is 0 Å². The van der Waals surface area contributed by atoms with Gasteiger partial charge in [0.15, 0.2) is 0 Å². The highest BCUT2D eigenvalue weighted by molar-refractivity contribution is 9.10. The average molecular weight is 359 g/mol. The molecule has 0 unspecified atom stereocenters. The Balaban J connectivity index is 2.39. The monoisotopic (exact) mass is 357 g/mol. The van der Waals surface area contributed by atoms with E-state index in [4.69, 9.17) is 21.1 Å². The molecule has 0 bridgehead atoms. The second kappa shape index (κ2) is 6.28. The molecule has 1 heterocycles. The molecule has 0 radical (unpaired) electrons. The molecule has 0 saturated carbocycles. The first kappa shape index (κ1) is 14.9. The smallest absolute Gasteiger partial charge is 0.146 e. The Bertz CT molecular complexity index is 617. The molecule has 7 heteroatoms. The standard InChI is InChI=1S/C13H13BrClN3O2/c1-7-16-12(14)6-13(17-7)18-9-4-8(15)10(19-2)5-11(9)20-3/h4-6H,1-3H3,(H,16,17,18). The van der Waals surface area contributed by atoms with Crippen molar-refractivity contribution in [1.29, 1.82) is 0 Å². The van der Waals surface area contributed by atoms with Gasteiger partial charge in [-0.2, -0.15) is 0 Å². The van der Waals surface area contributed by atoms with E-state index in [1.54, 1.807) is 32.4 Å². The maximum Gasteiger partial charge on any atom is 0.146 e. The van der Waals surface area contributed by atoms with E-state index >= 15 is 0 Å². The van der Waals surface area contributed by atoms with Crippen molar-refractivity contribution in [3.05, 3.63) is 33.6 Å². The van der Waals surface area contributed by atoms with Gasteiger partial charge in [-0.1, -0.05) is 11.6 Å². The number of anilines is 2. The van der Waals surface area contributed by atoms with Crippen LogP contribution in [0.3, 0.4) is 0 Å². The van der Waals surface area contributed by atoms with Gasteiger partial charge in [0.25, 0.3) is 0 Å². The number of nitrogens with zero attached hydrogens (tertiary/aromatic N) is 2. The van der Waals surface area contributed by atoms with Crippen LogP contribution >= 0.6 is 27.5 Å². The number of aryl methyl sites for hydroxylation is 1. The molecule has 5 nitrogen and oxygen atoms in total. The summed E-state index contributed by atoms with van der Waals surface area (Å²) in [6.45, 7) is 1.81. The molecule has 1 N–H and O–H groups in total. The van der Waals surface area contributed by atoms with Gasteiger partial charge >= 0.3 is 0 Å². The van der Waals surface area contributed by atoms with Crippen LogP contribution in [0.15, 0.2) is 22.8 Å². The molecule has 0 saturated heterocycles. The molecule has 1 aromatic carbocycles. The van der Waals surface area contributed by atoms with Crippen LogP contribution in [0.4, 0.5) is 11.5 Å². The molecule has 0 amide bonds. The molecule has 2 rings (SSSR count). The molecule has 20 heavy (non-hydrogen) atoms. The number of benzene rings is 1. The number of hydrogen-bond acceptors (Lipinski definition) is 5. The van der Waals surface area contributed by atoms with E-state index in [0.29, 0.717) is 38.5 Å². The molecule has 0 aliphatic rings. The van der Waals surface area contributed by atoms with Gasteiger partial charge in [-0.3, -0.25) is 0 Å². The molecule has 106 valence electrons. The van der Waals surface area contributed by atoms with Gasteiger partial charge in [0.1, 0.15) is 27.7 Å². The predicted molar refractivity (Wildman–Crippen MR) is 82.3 cm³/mol. The Morgan fingerprint density at radius 3 is 2.40 bits per heavy atom. The summed E-state index contributed by atoms with van der Waals surface area (Å²) in [5, 5.41) is 3.64. The zero-order chi connectivity index (χ0) is 14.7. The molecular weight excluding hydrogens is 346 g/mol. The third kappa shape index (κ3) is 3.32. The Morgan fingerprint density at radius 2 is 1.80 bits per heavy atom. The number of aromatic nitrogens is 2. The summed E-state index contributed by atoms with van der Waals surface area (Å²) in [5.41, 5.74) is 0.698. The van der Waals surface area contributed by atoms with Gasteiger partial charge in [0.2, 0.25) is 0 Å². The van der Waals surface area contributed by atoms with E-state index in [9.17, 15) is 0 Å². The van der Waals surface area contributed by atoms with E-state index in [2.05, 4.69) is 31.2 Å². The van der Waals surface area contributed by atoms with Crippen LogP contribution in [-0.4, -0.2) is 24.2 Å². The number of ether oxygens (including phenoxy) is 2. The second-order valence-electron chi connectivity index (χ2n) is 3.94. The lowest BCUT2D eigenvalue weighted by Crippen LogP contribution is -2.00. The van der Waals surface area contributed by atoms with E-state index in [-0.39, 0.29) is 0 Å². The topological polar surface area (TPSA) is 56.3 Å². The summed E-state index contributed by atoms with van der Waals surface area (Å²) in [7, 11) is 3.13. The lowest BCUT2D eigenvalue weighted by atomic mass is 10.2. The average Bonchev–Trinajstić information content (AvgIpc) is 2.38. The summed E-state index contributed by atoms with van der Waals surface area (Å²) < 4.78 is 11.2. The maximum atomic E-state index is 6.12. The fourth-order valence-electron chi connectivity index (χ4n) is 1.69. The normalized spacial score (nSPS) is 10.2. The summed E-state index contributed by atoms with van der Waals surface area (Å²) in [6.07, 6.45) is 0. The maximum absolute atomic E-state index is 6.12. The molecule has 2 aromatic rings. The van der Waals surface area contributed by atoms with Crippen LogP contribution in [0.2, 0.25) is 5.02 Å². The van der Waals surface area contributed by atoms with Crippen LogP contribution in [0.5, 0.6) is 11.5 Å². The first-order valence-electron chi connectivity index (χ1n) is 5.73. The second-order valence-corrected chi connectivity index (χ2v) is 5.15. The summed E-state index contributed by atoms with van der Waals surface area (Å²) >= 11 is 9.46. The third-order valence-electron chi connectivity index (χ3n) is 2.54. The molecule has 0 aliphatic heterocycles. The number of methoxy groups -OCH3 is 2. The largest absolute Gasteiger partial charge is 0.495 e. The fraction of sp³-hybridized carbons (Fsp3) is 0.231. The van der Waals surface area contributed by atoms with Crippen LogP contribution in [0, 0.1) is 6.92 Å². The molecule has 0 atom stereocenters. The Kier molecular flexibility index (Phi) is 4.67. The zero-order valence-electron chi connectivity index (χ0n) is 11.2. The Labute approximate surface area is 130 Å². The van der Waals surface area contributed by atoms with E-state index in [1.807, 2.05) is 6.92 Å². The highest BCUT2D eigenvalue weighted by Gasteiger charge is 2.11. The van der Waals surface area contributed by atoms with Crippen molar-refractivity contribution in [3.63, 3.8) is 0 Å². The van der Waals surface area contributed by atoms with Crippen molar-refractivity contribution >= 4 is 39.0 Å². The van der Waals surface area contributed by atoms with Crippen LogP contribution in [-0.2, 0) is 0 Å². The lowest BCUT2D eigenvalue weighted by Gasteiger charge is -2.13. The van der Waals surface area contributed by atoms with Gasteiger partial charge in [-0.25, -0.2) is 9.97 Å². The van der Waals surface area contributed by atoms with Crippen LogP contribution in [0.25, 0.3) is 0 Å². The van der Waals surface area contributed by atoms with Gasteiger partial charge in [0.05, 0.1) is 24.9 Å². The first-order chi connectivity index (χ1) is 9.53. The highest BCUT2D eigenvalue weighted by Crippen LogP contribution is 2.37. The van der Waals surface area contributed by atoms with Crippen molar-refractivity contribution in [3.8, 4) is 11.5 Å². The van der Waals surface area contributed by atoms with Gasteiger partial charge in [-0.15, -0.1) is 0 Å². The molecule has 0 spiro atoms. The minimum Gasteiger partial charge on any atom is -0.495 e. The summed E-state index contributed by atoms with van der Waals surface area (Å²) in [4.78, 5) is 8.45. The molecule has 0 fully saturated rings. The minimum absolute atomic E-state index is 0.487. The molecule has 0 aliphatic carbocycles. The lowest BCUT2D eigenvalue weighted by molar-refractivity contribution is 0.396. The van der Waals surface area contributed by atoms with Crippen molar-refractivity contribution in [2.75, 3.05) is 19.5 Å². The predicted octanol–water partition coefficient (Wildman–Crippen LogP) is 3.96. The van der Waals surface area contributed by atoms with Crippen LogP contribution in [0.1, 0.15) is 5.82 Å². The fourth-order valence-corrected chi connectivity index (χ4v) is 2.41. The van der Waals surface area contributed by atoms with Crippen molar-refractivity contribution in [2.24, 2.45) is 0 Å². The molecule has 1 aromatic heterocycles. The SMILES string of the molecule is COc1cc(OC)c(Nc2cc(Br)nc(C)n2)cc1Cl. The minimum atomic E-state index is 0.487. The number of rotatable bonds is 4. The van der Waals surface area contributed by atoms with E-state index < -0.39 is 0 Å². The van der Waals surface area contributed by atoms with Gasteiger partial charge < -0.3 is 14.8 Å². The quantitative estimate of drug-likeness (QED) is 0.838. The zero-order valence-corrected chi connectivity index (χ0v) is 13.5. The summed E-state index contributed by atoms with van der Waals surface area (Å²) in [5.74, 6) is 2.46. The van der Waals surface area contributed by atoms with Crippen molar-refractivity contribution in [1.82, 2.24) is 9.97 Å². The molecular formula is C13H13BrClN3O2. The van der Waals surface area contributed by atoms with Crippen molar-refractivity contribution in [2.45, 2.75) is 6.92 Å². The van der Waals surface area contributed by atoms with Gasteiger partial charge in [-0.05, 0) is 28.9 Å². The van der Waals surface area contributed by atoms with E-state index in [0.717, 1.165) is 0 Å². The van der Waals surface area contributed by atoms with Gasteiger partial charge in [0, 0.05) is 12.1 Å². The number of nitrogens with one attached hydrogen (secondary N) is 1. The highest BCUT2D eigenvalue weighted by atomic mass is 79.9. The third-order valence-corrected chi connectivity index (χ3v) is 3.24. The summed E-state index contributed by atoms with van der Waals surface area (Å²) in [6, 6.07) is 5.21. The Hall–Kier alpha value is -1.53. The Morgan fingerprint density at radius 1 is 1.10 bits per heavy atom. The number of hydrogen-bond donors (Lipinski definition) is 1. The van der Waals surface area contributed by atoms with Crippen molar-refractivity contribution < 1.29 is 9.47 Å². The van der Waals surface area contributed by atoms with Crippen LogP contribution < -0.4 is 14.8 Å². The first-order valence-corrected chi connectivity index (χ1v) is 6.90.